The maximum Gasteiger partial charge on any atom is 0.478 e. The Balaban J connectivity index is 2.61. The number of rotatable bonds is 4. The van der Waals surface area contributed by atoms with Crippen LogP contribution in [0.4, 0.5) is 37.7 Å². The second-order valence-corrected chi connectivity index (χ2v) is 4.89. The summed E-state index contributed by atoms with van der Waals surface area (Å²) in [6, 6.07) is 8.87. The molecule has 0 saturated carbocycles. The maximum absolute atomic E-state index is 13.5. The van der Waals surface area contributed by atoms with Gasteiger partial charge in [0.15, 0.2) is 0 Å². The predicted octanol–water partition coefficient (Wildman–Crippen LogP) is 4.13. The van der Waals surface area contributed by atoms with E-state index in [1.807, 2.05) is 0 Å². The number of halogens is 6. The van der Waals surface area contributed by atoms with Crippen molar-refractivity contribution < 1.29 is 35.8 Å². The Morgan fingerprint density at radius 3 is 1.20 bits per heavy atom. The minimum absolute atomic E-state index is 0.426. The van der Waals surface area contributed by atoms with Crippen molar-refractivity contribution in [3.63, 3.8) is 0 Å². The number of hydrogen-bond acceptors (Lipinski definition) is 4. The lowest BCUT2D eigenvalue weighted by Gasteiger charge is -2.37. The first-order valence-electron chi connectivity index (χ1n) is 6.68. The van der Waals surface area contributed by atoms with Crippen LogP contribution in [0.1, 0.15) is 0 Å². The van der Waals surface area contributed by atoms with Gasteiger partial charge in [-0.05, 0) is 24.3 Å². The van der Waals surface area contributed by atoms with Gasteiger partial charge in [0.25, 0.3) is 0 Å². The van der Waals surface area contributed by atoms with Crippen LogP contribution in [0.3, 0.4) is 0 Å². The number of benzene rings is 2. The summed E-state index contributed by atoms with van der Waals surface area (Å²) in [4.78, 5) is 0. The second-order valence-electron chi connectivity index (χ2n) is 4.89. The molecule has 0 spiro atoms. The molecule has 0 amide bonds. The standard InChI is InChI=1S/C15H12F6N2O2/c16-14(17,18)13(15(19,20)21,24-11-7-3-1-5-9(11)22)25-12-8-4-2-6-10(12)23/h1-8H,22-23H2. The zero-order valence-electron chi connectivity index (χ0n) is 12.4. The van der Waals surface area contributed by atoms with Gasteiger partial charge in [0.2, 0.25) is 0 Å². The molecule has 4 N–H and O–H groups in total. The molecule has 0 aromatic heterocycles. The summed E-state index contributed by atoms with van der Waals surface area (Å²) in [7, 11) is 0. The number of para-hydroxylation sites is 4. The lowest BCUT2D eigenvalue weighted by Crippen LogP contribution is -2.65. The second kappa shape index (κ2) is 6.26. The summed E-state index contributed by atoms with van der Waals surface area (Å²) in [6.07, 6.45) is -12.0. The molecule has 0 aliphatic carbocycles. The van der Waals surface area contributed by atoms with Crippen LogP contribution in [0.2, 0.25) is 0 Å². The van der Waals surface area contributed by atoms with E-state index >= 15 is 0 Å². The van der Waals surface area contributed by atoms with Crippen molar-refractivity contribution in [1.82, 2.24) is 0 Å². The van der Waals surface area contributed by atoms with Crippen molar-refractivity contribution in [3.8, 4) is 11.5 Å². The molecule has 4 nitrogen and oxygen atoms in total. The lowest BCUT2D eigenvalue weighted by atomic mass is 10.2. The molecule has 136 valence electrons. The van der Waals surface area contributed by atoms with Gasteiger partial charge in [-0.1, -0.05) is 24.3 Å². The van der Waals surface area contributed by atoms with Gasteiger partial charge in [-0.3, -0.25) is 0 Å². The van der Waals surface area contributed by atoms with Gasteiger partial charge in [0.1, 0.15) is 11.5 Å². The molecule has 0 atom stereocenters. The Kier molecular flexibility index (Phi) is 4.65. The van der Waals surface area contributed by atoms with Crippen LogP contribution in [0.5, 0.6) is 11.5 Å². The predicted molar refractivity (Wildman–Crippen MR) is 77.8 cm³/mol. The molecule has 10 heteroatoms. The molecule has 0 bridgehead atoms. The normalized spacial score (nSPS) is 12.7. The van der Waals surface area contributed by atoms with Crippen molar-refractivity contribution in [3.05, 3.63) is 48.5 Å². The van der Waals surface area contributed by atoms with E-state index in [0.717, 1.165) is 24.3 Å². The number of nitrogen functional groups attached to an aromatic ring is 2. The minimum Gasteiger partial charge on any atom is -0.436 e. The van der Waals surface area contributed by atoms with Gasteiger partial charge < -0.3 is 20.9 Å². The molecule has 25 heavy (non-hydrogen) atoms. The first-order chi connectivity index (χ1) is 11.5. The largest absolute Gasteiger partial charge is 0.478 e. The van der Waals surface area contributed by atoms with Crippen LogP contribution >= 0.6 is 0 Å². The fourth-order valence-electron chi connectivity index (χ4n) is 1.87. The molecular formula is C15H12F6N2O2. The van der Waals surface area contributed by atoms with Crippen molar-refractivity contribution in [2.45, 2.75) is 18.1 Å². The average molecular weight is 366 g/mol. The SMILES string of the molecule is Nc1ccccc1OC(Oc1ccccc1N)(C(F)(F)F)C(F)(F)F. The van der Waals surface area contributed by atoms with Crippen LogP contribution in [0, 0.1) is 0 Å². The molecule has 2 aromatic rings. The Hall–Kier alpha value is -2.78. The highest BCUT2D eigenvalue weighted by Crippen LogP contribution is 2.48. The summed E-state index contributed by atoms with van der Waals surface area (Å²) in [6.45, 7) is 0. The van der Waals surface area contributed by atoms with Gasteiger partial charge >= 0.3 is 18.1 Å². The van der Waals surface area contributed by atoms with E-state index in [9.17, 15) is 26.3 Å². The molecule has 0 saturated heterocycles. The fraction of sp³-hybridized carbons (Fsp3) is 0.200. The quantitative estimate of drug-likeness (QED) is 0.485. The van der Waals surface area contributed by atoms with Crippen molar-refractivity contribution in [1.29, 1.82) is 0 Å². The monoisotopic (exact) mass is 366 g/mol. The Morgan fingerprint density at radius 2 is 0.920 bits per heavy atom. The molecule has 2 rings (SSSR count). The van der Waals surface area contributed by atoms with Crippen LogP contribution < -0.4 is 20.9 Å². The lowest BCUT2D eigenvalue weighted by molar-refractivity contribution is -0.422. The third kappa shape index (κ3) is 3.52. The summed E-state index contributed by atoms with van der Waals surface area (Å²) in [5, 5.41) is 0. The molecule has 0 fully saturated rings. The summed E-state index contributed by atoms with van der Waals surface area (Å²) in [5.41, 5.74) is 9.94. The first-order valence-corrected chi connectivity index (χ1v) is 6.68. The topological polar surface area (TPSA) is 70.5 Å². The number of ether oxygens (including phenoxy) is 2. The number of hydrogen-bond donors (Lipinski definition) is 2. The third-order valence-electron chi connectivity index (χ3n) is 3.09. The van der Waals surface area contributed by atoms with Crippen molar-refractivity contribution in [2.75, 3.05) is 11.5 Å². The number of nitrogens with two attached hydrogens (primary N) is 2. The van der Waals surface area contributed by atoms with Gasteiger partial charge in [0.05, 0.1) is 11.4 Å². The number of anilines is 2. The fourth-order valence-corrected chi connectivity index (χ4v) is 1.87. The first kappa shape index (κ1) is 18.6. The Morgan fingerprint density at radius 1 is 0.600 bits per heavy atom. The van der Waals surface area contributed by atoms with E-state index in [1.54, 1.807) is 0 Å². The van der Waals surface area contributed by atoms with E-state index < -0.39 is 41.0 Å². The van der Waals surface area contributed by atoms with Gasteiger partial charge in [-0.2, -0.15) is 26.3 Å². The minimum atomic E-state index is -5.99. The van der Waals surface area contributed by atoms with Gasteiger partial charge in [-0.25, -0.2) is 0 Å². The summed E-state index contributed by atoms with van der Waals surface area (Å²) in [5.74, 6) is -6.68. The number of alkyl halides is 6. The highest BCUT2D eigenvalue weighted by molar-refractivity contribution is 5.53. The smallest absolute Gasteiger partial charge is 0.436 e. The maximum atomic E-state index is 13.5. The van der Waals surface area contributed by atoms with E-state index in [-0.39, 0.29) is 0 Å². The molecule has 0 aliphatic heterocycles. The molecular weight excluding hydrogens is 354 g/mol. The van der Waals surface area contributed by atoms with Gasteiger partial charge in [0, 0.05) is 0 Å². The van der Waals surface area contributed by atoms with E-state index in [2.05, 4.69) is 9.47 Å². The van der Waals surface area contributed by atoms with Crippen LogP contribution in [0.25, 0.3) is 0 Å². The Labute approximate surface area is 137 Å². The zero-order valence-corrected chi connectivity index (χ0v) is 12.4. The van der Waals surface area contributed by atoms with Crippen LogP contribution in [0.15, 0.2) is 48.5 Å². The third-order valence-corrected chi connectivity index (χ3v) is 3.09. The molecule has 2 aromatic carbocycles. The van der Waals surface area contributed by atoms with E-state index in [4.69, 9.17) is 11.5 Å². The highest BCUT2D eigenvalue weighted by atomic mass is 19.4. The van der Waals surface area contributed by atoms with E-state index in [1.165, 1.54) is 24.3 Å². The average Bonchev–Trinajstić information content (AvgIpc) is 2.48. The van der Waals surface area contributed by atoms with Crippen LogP contribution in [-0.4, -0.2) is 18.1 Å². The Bertz CT molecular complexity index is 682. The van der Waals surface area contributed by atoms with Crippen LogP contribution in [-0.2, 0) is 0 Å². The van der Waals surface area contributed by atoms with Crippen molar-refractivity contribution in [2.24, 2.45) is 0 Å². The molecule has 0 radical (unpaired) electrons. The van der Waals surface area contributed by atoms with Crippen molar-refractivity contribution >= 4 is 11.4 Å². The summed E-state index contributed by atoms with van der Waals surface area (Å²) < 4.78 is 89.3. The molecule has 0 unspecified atom stereocenters. The van der Waals surface area contributed by atoms with Gasteiger partial charge in [-0.15, -0.1) is 0 Å². The summed E-state index contributed by atoms with van der Waals surface area (Å²) >= 11 is 0. The van der Waals surface area contributed by atoms with E-state index in [0.29, 0.717) is 0 Å². The molecule has 0 aliphatic rings. The zero-order chi connectivity index (χ0) is 18.9. The highest BCUT2D eigenvalue weighted by Gasteiger charge is 2.77. The molecule has 0 heterocycles.